The molecule has 0 radical (unpaired) electrons. The summed E-state index contributed by atoms with van der Waals surface area (Å²) >= 11 is 0. The standard InChI is InChI=1S/C12H36O2Si6/c1-19(2)12-10-17-18-14-20(3,4)11-9-15-7-5-6-8-16-13-19/h5-12,15-18H2,1-4H3. The smallest absolute Gasteiger partial charge is 0.172 e. The second kappa shape index (κ2) is 10.1. The van der Waals surface area contributed by atoms with Crippen LogP contribution in [-0.4, -0.2) is 54.2 Å². The van der Waals surface area contributed by atoms with Crippen LogP contribution in [0.3, 0.4) is 0 Å². The molecule has 1 heterocycles. The zero-order chi connectivity index (χ0) is 14.9. The molecule has 0 aromatic carbocycles. The van der Waals surface area contributed by atoms with Crippen molar-refractivity contribution in [1.82, 2.24) is 0 Å². The fourth-order valence-electron chi connectivity index (χ4n) is 2.85. The minimum absolute atomic E-state index is 0.107. The van der Waals surface area contributed by atoms with Crippen LogP contribution in [-0.2, 0) is 8.23 Å². The lowest BCUT2D eigenvalue weighted by atomic mass is 10.4. The van der Waals surface area contributed by atoms with Crippen molar-refractivity contribution >= 4 is 54.2 Å². The number of rotatable bonds is 0. The highest BCUT2D eigenvalue weighted by Crippen LogP contribution is 2.17. The summed E-state index contributed by atoms with van der Waals surface area (Å²) in [4.78, 5) is 0. The number of hydrogen-bond donors (Lipinski definition) is 0. The van der Waals surface area contributed by atoms with Gasteiger partial charge in [-0.1, -0.05) is 31.0 Å². The molecule has 0 N–H and O–H groups in total. The SMILES string of the molecule is C[Si]1(C)CC[SiH2][SiH2]O[Si](C)(C)CC[SiH2]CCCC[SiH2]O1. The average molecular weight is 381 g/mol. The first kappa shape index (κ1) is 19.3. The molecule has 0 bridgehead atoms. The van der Waals surface area contributed by atoms with E-state index in [4.69, 9.17) is 8.23 Å². The van der Waals surface area contributed by atoms with E-state index in [0.29, 0.717) is 0 Å². The molecular formula is C12H36O2Si6. The molecule has 8 heteroatoms. The Balaban J connectivity index is 2.36. The van der Waals surface area contributed by atoms with Gasteiger partial charge >= 0.3 is 0 Å². The topological polar surface area (TPSA) is 18.5 Å². The second-order valence-corrected chi connectivity index (χ2v) is 26.3. The van der Waals surface area contributed by atoms with E-state index in [2.05, 4.69) is 26.2 Å². The Labute approximate surface area is 137 Å². The molecule has 1 aliphatic heterocycles. The van der Waals surface area contributed by atoms with Crippen LogP contribution in [0.2, 0.25) is 62.5 Å². The first-order valence-electron chi connectivity index (χ1n) is 8.69. The summed E-state index contributed by atoms with van der Waals surface area (Å²) in [5, 5.41) is 0. The molecule has 0 aromatic rings. The lowest BCUT2D eigenvalue weighted by Crippen LogP contribution is -2.35. The molecule has 1 rings (SSSR count). The molecule has 2 nitrogen and oxygen atoms in total. The van der Waals surface area contributed by atoms with Crippen LogP contribution in [0.1, 0.15) is 12.8 Å². The highest BCUT2D eigenvalue weighted by molar-refractivity contribution is 7.01. The van der Waals surface area contributed by atoms with Crippen LogP contribution in [0, 0.1) is 0 Å². The fraction of sp³-hybridized carbons (Fsp3) is 1.00. The molecule has 1 fully saturated rings. The van der Waals surface area contributed by atoms with Crippen molar-refractivity contribution in [3.8, 4) is 0 Å². The minimum Gasteiger partial charge on any atom is -0.464 e. The third kappa shape index (κ3) is 10.0. The van der Waals surface area contributed by atoms with E-state index in [1.54, 1.807) is 12.1 Å². The summed E-state index contributed by atoms with van der Waals surface area (Å²) in [5.74, 6) is 0. The molecular weight excluding hydrogens is 345 g/mol. The van der Waals surface area contributed by atoms with Crippen molar-refractivity contribution in [3.05, 3.63) is 0 Å². The third-order valence-corrected chi connectivity index (χ3v) is 24.7. The molecule has 0 saturated carbocycles. The summed E-state index contributed by atoms with van der Waals surface area (Å²) in [6, 6.07) is 8.99. The van der Waals surface area contributed by atoms with Gasteiger partial charge in [-0.05, 0) is 44.3 Å². The molecule has 0 unspecified atom stereocenters. The number of hydrogen-bond acceptors (Lipinski definition) is 2. The van der Waals surface area contributed by atoms with Gasteiger partial charge in [-0.25, -0.2) is 0 Å². The van der Waals surface area contributed by atoms with Gasteiger partial charge in [0.2, 0.25) is 0 Å². The van der Waals surface area contributed by atoms with Gasteiger partial charge in [0.1, 0.15) is 19.0 Å². The molecule has 20 heavy (non-hydrogen) atoms. The van der Waals surface area contributed by atoms with Gasteiger partial charge in [-0.15, -0.1) is 0 Å². The molecule has 1 saturated heterocycles. The zero-order valence-corrected chi connectivity index (χ0v) is 22.0. The van der Waals surface area contributed by atoms with Crippen LogP contribution in [0.5, 0.6) is 0 Å². The summed E-state index contributed by atoms with van der Waals surface area (Å²) < 4.78 is 12.8. The first-order valence-corrected chi connectivity index (χ1v) is 24.1. The lowest BCUT2D eigenvalue weighted by molar-refractivity contribution is 0.580. The van der Waals surface area contributed by atoms with Gasteiger partial charge in [0.15, 0.2) is 16.6 Å². The van der Waals surface area contributed by atoms with E-state index in [1.807, 2.05) is 0 Å². The largest absolute Gasteiger partial charge is 0.464 e. The van der Waals surface area contributed by atoms with Crippen molar-refractivity contribution in [2.45, 2.75) is 75.3 Å². The Morgan fingerprint density at radius 1 is 0.750 bits per heavy atom. The molecule has 1 aliphatic rings. The predicted octanol–water partition coefficient (Wildman–Crippen LogP) is 1.32. The van der Waals surface area contributed by atoms with Crippen LogP contribution in [0.25, 0.3) is 0 Å². The van der Waals surface area contributed by atoms with Crippen LogP contribution >= 0.6 is 0 Å². The van der Waals surface area contributed by atoms with Crippen LogP contribution in [0.4, 0.5) is 0 Å². The Hall–Kier alpha value is 1.22. The van der Waals surface area contributed by atoms with E-state index in [0.717, 1.165) is 0 Å². The van der Waals surface area contributed by atoms with Gasteiger partial charge < -0.3 is 8.23 Å². The van der Waals surface area contributed by atoms with Crippen molar-refractivity contribution in [3.63, 3.8) is 0 Å². The van der Waals surface area contributed by atoms with E-state index >= 15 is 0 Å². The maximum atomic E-state index is 6.44. The second-order valence-electron chi connectivity index (χ2n) is 7.54. The predicted molar refractivity (Wildman–Crippen MR) is 109 cm³/mol. The Kier molecular flexibility index (Phi) is 9.71. The van der Waals surface area contributed by atoms with Gasteiger partial charge in [-0.2, -0.15) is 0 Å². The fourth-order valence-corrected chi connectivity index (χ4v) is 29.4. The third-order valence-electron chi connectivity index (χ3n) is 4.33. The van der Waals surface area contributed by atoms with E-state index in [-0.39, 0.29) is 37.6 Å². The van der Waals surface area contributed by atoms with Crippen molar-refractivity contribution in [2.24, 2.45) is 0 Å². The first-order chi connectivity index (χ1) is 9.41. The minimum atomic E-state index is -1.27. The van der Waals surface area contributed by atoms with Gasteiger partial charge in [0, 0.05) is 18.6 Å². The molecule has 0 spiro atoms. The van der Waals surface area contributed by atoms with Gasteiger partial charge in [0.05, 0.1) is 0 Å². The van der Waals surface area contributed by atoms with E-state index in [9.17, 15) is 0 Å². The van der Waals surface area contributed by atoms with Crippen molar-refractivity contribution in [2.75, 3.05) is 0 Å². The molecule has 120 valence electrons. The van der Waals surface area contributed by atoms with Crippen molar-refractivity contribution in [1.29, 1.82) is 0 Å². The Morgan fingerprint density at radius 2 is 1.40 bits per heavy atom. The van der Waals surface area contributed by atoms with E-state index < -0.39 is 16.6 Å². The van der Waals surface area contributed by atoms with Gasteiger partial charge in [0.25, 0.3) is 0 Å². The highest BCUT2D eigenvalue weighted by Gasteiger charge is 2.23. The van der Waals surface area contributed by atoms with Crippen molar-refractivity contribution < 1.29 is 8.23 Å². The highest BCUT2D eigenvalue weighted by atomic mass is 29.2. The normalized spacial score (nSPS) is 31.8. The average Bonchev–Trinajstić information content (AvgIpc) is 2.35. The lowest BCUT2D eigenvalue weighted by Gasteiger charge is -2.25. The Bertz CT molecular complexity index is 238. The molecule has 0 amide bonds. The quantitative estimate of drug-likeness (QED) is 0.590. The van der Waals surface area contributed by atoms with Crippen LogP contribution in [0.15, 0.2) is 0 Å². The molecule has 0 aliphatic carbocycles. The Morgan fingerprint density at radius 3 is 2.20 bits per heavy atom. The summed E-state index contributed by atoms with van der Waals surface area (Å²) in [5.41, 5.74) is 0. The van der Waals surface area contributed by atoms with Crippen LogP contribution < -0.4 is 0 Å². The maximum Gasteiger partial charge on any atom is 0.172 e. The van der Waals surface area contributed by atoms with Gasteiger partial charge in [-0.3, -0.25) is 0 Å². The summed E-state index contributed by atoms with van der Waals surface area (Å²) in [6.07, 6.45) is 2.96. The van der Waals surface area contributed by atoms with E-state index in [1.165, 1.54) is 37.0 Å². The zero-order valence-electron chi connectivity index (χ0n) is 14.3. The molecule has 0 aromatic heterocycles. The molecule has 0 atom stereocenters. The summed E-state index contributed by atoms with van der Waals surface area (Å²) in [7, 11) is -2.43. The summed E-state index contributed by atoms with van der Waals surface area (Å²) in [6.45, 7) is 9.84. The maximum absolute atomic E-state index is 6.44. The monoisotopic (exact) mass is 380 g/mol.